The van der Waals surface area contributed by atoms with E-state index in [2.05, 4.69) is 31.9 Å². The SMILES string of the molecule is COc1ccc(CNc2nnc(NCc3ccncc3)c3ccc(C#N)cc23)cc1Cl. The fourth-order valence-corrected chi connectivity index (χ4v) is 3.46. The van der Waals surface area contributed by atoms with Crippen LogP contribution in [0.5, 0.6) is 5.75 Å². The van der Waals surface area contributed by atoms with Gasteiger partial charge >= 0.3 is 0 Å². The summed E-state index contributed by atoms with van der Waals surface area (Å²) in [5, 5.41) is 26.9. The van der Waals surface area contributed by atoms with Gasteiger partial charge in [-0.05, 0) is 53.6 Å². The van der Waals surface area contributed by atoms with Gasteiger partial charge in [0.25, 0.3) is 0 Å². The highest BCUT2D eigenvalue weighted by Crippen LogP contribution is 2.29. The average molecular weight is 431 g/mol. The highest BCUT2D eigenvalue weighted by atomic mass is 35.5. The normalized spacial score (nSPS) is 10.5. The topological polar surface area (TPSA) is 95.8 Å². The number of aromatic nitrogens is 3. The predicted molar refractivity (Wildman–Crippen MR) is 121 cm³/mol. The number of methoxy groups -OCH3 is 1. The molecule has 4 rings (SSSR count). The van der Waals surface area contributed by atoms with Crippen LogP contribution in [0.4, 0.5) is 11.6 Å². The molecule has 0 unspecified atom stereocenters. The Morgan fingerprint density at radius 3 is 2.29 bits per heavy atom. The number of nitrogens with zero attached hydrogens (tertiary/aromatic N) is 4. The first-order chi connectivity index (χ1) is 15.2. The quantitative estimate of drug-likeness (QED) is 0.435. The van der Waals surface area contributed by atoms with E-state index in [9.17, 15) is 5.26 Å². The Kier molecular flexibility index (Phi) is 6.11. The van der Waals surface area contributed by atoms with Crippen molar-refractivity contribution in [3.63, 3.8) is 0 Å². The number of ether oxygens (including phenoxy) is 1. The fraction of sp³-hybridized carbons (Fsp3) is 0.130. The summed E-state index contributed by atoms with van der Waals surface area (Å²) >= 11 is 6.22. The average Bonchev–Trinajstić information content (AvgIpc) is 2.82. The van der Waals surface area contributed by atoms with E-state index in [1.165, 1.54) is 0 Å². The Morgan fingerprint density at radius 2 is 1.61 bits per heavy atom. The molecule has 2 heterocycles. The molecule has 0 amide bonds. The van der Waals surface area contributed by atoms with Gasteiger partial charge in [-0.2, -0.15) is 5.26 Å². The first-order valence-corrected chi connectivity index (χ1v) is 9.95. The maximum Gasteiger partial charge on any atom is 0.157 e. The summed E-state index contributed by atoms with van der Waals surface area (Å²) in [4.78, 5) is 4.03. The summed E-state index contributed by atoms with van der Waals surface area (Å²) in [5.74, 6) is 1.86. The lowest BCUT2D eigenvalue weighted by molar-refractivity contribution is 0.415. The predicted octanol–water partition coefficient (Wildman–Crippen LogP) is 4.78. The Hall–Kier alpha value is -3.89. The molecule has 8 heteroatoms. The highest BCUT2D eigenvalue weighted by molar-refractivity contribution is 6.32. The number of halogens is 1. The zero-order valence-corrected chi connectivity index (χ0v) is 17.5. The number of anilines is 2. The van der Waals surface area contributed by atoms with Crippen molar-refractivity contribution in [2.45, 2.75) is 13.1 Å². The van der Waals surface area contributed by atoms with Crippen LogP contribution in [-0.4, -0.2) is 22.3 Å². The van der Waals surface area contributed by atoms with E-state index < -0.39 is 0 Å². The summed E-state index contributed by atoms with van der Waals surface area (Å²) < 4.78 is 5.20. The molecule has 2 N–H and O–H groups in total. The molecule has 7 nitrogen and oxygen atoms in total. The summed E-state index contributed by atoms with van der Waals surface area (Å²) in [6.07, 6.45) is 3.50. The number of hydrogen-bond acceptors (Lipinski definition) is 7. The van der Waals surface area contributed by atoms with Gasteiger partial charge in [-0.25, -0.2) is 0 Å². The highest BCUT2D eigenvalue weighted by Gasteiger charge is 2.11. The molecule has 0 atom stereocenters. The van der Waals surface area contributed by atoms with Crippen LogP contribution in [-0.2, 0) is 13.1 Å². The smallest absolute Gasteiger partial charge is 0.157 e. The van der Waals surface area contributed by atoms with Crippen LogP contribution in [0.2, 0.25) is 5.02 Å². The minimum Gasteiger partial charge on any atom is -0.495 e. The van der Waals surface area contributed by atoms with Crippen LogP contribution < -0.4 is 15.4 Å². The lowest BCUT2D eigenvalue weighted by Gasteiger charge is -2.13. The van der Waals surface area contributed by atoms with E-state index in [0.717, 1.165) is 21.9 Å². The van der Waals surface area contributed by atoms with E-state index in [1.54, 1.807) is 25.6 Å². The standard InChI is InChI=1S/C23H19ClN6O/c1-31-21-5-3-17(11-20(21)24)14-28-23-19-10-16(12-25)2-4-18(19)22(29-30-23)27-13-15-6-8-26-9-7-15/h2-11H,13-14H2,1H3,(H,27,29)(H,28,30). The first kappa shape index (κ1) is 20.4. The van der Waals surface area contributed by atoms with Gasteiger partial charge in [0, 0.05) is 36.3 Å². The minimum atomic E-state index is 0.494. The zero-order chi connectivity index (χ0) is 21.6. The zero-order valence-electron chi connectivity index (χ0n) is 16.8. The Labute approximate surface area is 184 Å². The molecule has 4 aromatic rings. The van der Waals surface area contributed by atoms with Crippen molar-refractivity contribution in [1.29, 1.82) is 5.26 Å². The number of hydrogen-bond donors (Lipinski definition) is 2. The molecule has 154 valence electrons. The Balaban J connectivity index is 1.61. The number of nitrogens with one attached hydrogen (secondary N) is 2. The molecule has 0 aliphatic heterocycles. The van der Waals surface area contributed by atoms with Crippen molar-refractivity contribution in [2.24, 2.45) is 0 Å². The van der Waals surface area contributed by atoms with Crippen LogP contribution in [0.25, 0.3) is 10.8 Å². The second-order valence-electron chi connectivity index (χ2n) is 6.80. The molecule has 0 saturated carbocycles. The molecule has 0 saturated heterocycles. The molecule has 0 aliphatic rings. The monoisotopic (exact) mass is 430 g/mol. The van der Waals surface area contributed by atoms with E-state index in [-0.39, 0.29) is 0 Å². The largest absolute Gasteiger partial charge is 0.495 e. The van der Waals surface area contributed by atoms with Crippen LogP contribution in [0, 0.1) is 11.3 Å². The van der Waals surface area contributed by atoms with Crippen molar-refractivity contribution < 1.29 is 4.74 Å². The molecule has 0 fully saturated rings. The van der Waals surface area contributed by atoms with E-state index in [4.69, 9.17) is 16.3 Å². The van der Waals surface area contributed by atoms with Gasteiger partial charge in [-0.15, -0.1) is 10.2 Å². The number of nitriles is 1. The van der Waals surface area contributed by atoms with Crippen LogP contribution in [0.1, 0.15) is 16.7 Å². The molecule has 31 heavy (non-hydrogen) atoms. The number of fused-ring (bicyclic) bond motifs is 1. The van der Waals surface area contributed by atoms with Crippen LogP contribution >= 0.6 is 11.6 Å². The third-order valence-corrected chi connectivity index (χ3v) is 5.09. The maximum atomic E-state index is 9.34. The van der Waals surface area contributed by atoms with Gasteiger partial charge in [0.1, 0.15) is 5.75 Å². The number of benzene rings is 2. The summed E-state index contributed by atoms with van der Waals surface area (Å²) in [6.45, 7) is 1.08. The molecule has 0 aliphatic carbocycles. The minimum absolute atomic E-state index is 0.494. The molecular formula is C23H19ClN6O. The van der Waals surface area contributed by atoms with Crippen molar-refractivity contribution >= 4 is 34.0 Å². The second-order valence-corrected chi connectivity index (χ2v) is 7.21. The van der Waals surface area contributed by atoms with Gasteiger partial charge in [0.2, 0.25) is 0 Å². The molecule has 2 aromatic carbocycles. The maximum absolute atomic E-state index is 9.34. The third kappa shape index (κ3) is 4.65. The van der Waals surface area contributed by atoms with Gasteiger partial charge in [0.15, 0.2) is 11.6 Å². The molecular weight excluding hydrogens is 412 g/mol. The summed E-state index contributed by atoms with van der Waals surface area (Å²) in [7, 11) is 1.58. The van der Waals surface area contributed by atoms with Gasteiger partial charge in [-0.3, -0.25) is 4.98 Å². The fourth-order valence-electron chi connectivity index (χ4n) is 3.18. The second kappa shape index (κ2) is 9.28. The number of rotatable bonds is 7. The lowest BCUT2D eigenvalue weighted by atomic mass is 10.1. The Morgan fingerprint density at radius 1 is 0.903 bits per heavy atom. The summed E-state index contributed by atoms with van der Waals surface area (Å²) in [6, 6.07) is 17.1. The van der Waals surface area contributed by atoms with Gasteiger partial charge in [0.05, 0.1) is 23.8 Å². The third-order valence-electron chi connectivity index (χ3n) is 4.79. The number of pyridine rings is 1. The van der Waals surface area contributed by atoms with Crippen molar-refractivity contribution in [3.05, 3.63) is 82.6 Å². The van der Waals surface area contributed by atoms with E-state index >= 15 is 0 Å². The first-order valence-electron chi connectivity index (χ1n) is 9.57. The van der Waals surface area contributed by atoms with Gasteiger partial charge in [-0.1, -0.05) is 17.7 Å². The van der Waals surface area contributed by atoms with Crippen LogP contribution in [0.3, 0.4) is 0 Å². The van der Waals surface area contributed by atoms with Gasteiger partial charge < -0.3 is 15.4 Å². The van der Waals surface area contributed by atoms with Crippen molar-refractivity contribution in [1.82, 2.24) is 15.2 Å². The lowest BCUT2D eigenvalue weighted by Crippen LogP contribution is -2.07. The van der Waals surface area contributed by atoms with E-state index in [1.807, 2.05) is 42.5 Å². The van der Waals surface area contributed by atoms with Crippen molar-refractivity contribution in [3.8, 4) is 11.8 Å². The molecule has 2 aromatic heterocycles. The molecule has 0 spiro atoms. The van der Waals surface area contributed by atoms with E-state index in [0.29, 0.717) is 41.1 Å². The summed E-state index contributed by atoms with van der Waals surface area (Å²) in [5.41, 5.74) is 2.60. The Bertz CT molecular complexity index is 1260. The van der Waals surface area contributed by atoms with Crippen molar-refractivity contribution in [2.75, 3.05) is 17.7 Å². The van der Waals surface area contributed by atoms with Crippen LogP contribution in [0.15, 0.2) is 60.9 Å². The molecule has 0 radical (unpaired) electrons. The molecule has 0 bridgehead atoms.